The van der Waals surface area contributed by atoms with Crippen molar-refractivity contribution in [3.63, 3.8) is 0 Å². The Balaban J connectivity index is 2.01. The van der Waals surface area contributed by atoms with Crippen LogP contribution in [0.15, 0.2) is 36.4 Å². The summed E-state index contributed by atoms with van der Waals surface area (Å²) in [6.07, 6.45) is 0.797. The summed E-state index contributed by atoms with van der Waals surface area (Å²) < 4.78 is 32.5. The number of esters is 1. The molecule has 3 aromatic rings. The van der Waals surface area contributed by atoms with Gasteiger partial charge >= 0.3 is 5.97 Å². The fourth-order valence-corrected chi connectivity index (χ4v) is 4.36. The van der Waals surface area contributed by atoms with Gasteiger partial charge in [0.25, 0.3) is 0 Å². The van der Waals surface area contributed by atoms with Gasteiger partial charge in [0.05, 0.1) is 31.6 Å². The lowest BCUT2D eigenvalue weighted by Crippen LogP contribution is -2.15. The van der Waals surface area contributed by atoms with Crippen molar-refractivity contribution in [2.45, 2.75) is 33.7 Å². The number of nitrogens with zero attached hydrogens (tertiary/aromatic N) is 1. The molecule has 0 radical (unpaired) electrons. The van der Waals surface area contributed by atoms with Gasteiger partial charge in [-0.1, -0.05) is 12.1 Å². The largest absolute Gasteiger partial charge is 0.493 e. The van der Waals surface area contributed by atoms with Gasteiger partial charge in [0.2, 0.25) is 0 Å². The number of aromatic nitrogens is 1. The van der Waals surface area contributed by atoms with Crippen LogP contribution < -0.4 is 9.47 Å². The Hall–Kier alpha value is -3.28. The molecule has 5 nitrogen and oxygen atoms in total. The number of aryl methyl sites for hydroxylation is 1. The van der Waals surface area contributed by atoms with E-state index in [0.29, 0.717) is 23.7 Å². The molecule has 2 aromatic carbocycles. The second-order valence-corrected chi connectivity index (χ2v) is 7.41. The van der Waals surface area contributed by atoms with E-state index in [9.17, 15) is 9.18 Å². The highest BCUT2D eigenvalue weighted by Crippen LogP contribution is 2.45. The third-order valence-corrected chi connectivity index (χ3v) is 5.69. The highest BCUT2D eigenvalue weighted by molar-refractivity contribution is 6.05. The highest BCUT2D eigenvalue weighted by atomic mass is 19.1. The van der Waals surface area contributed by atoms with Crippen molar-refractivity contribution >= 4 is 5.97 Å². The summed E-state index contributed by atoms with van der Waals surface area (Å²) in [7, 11) is 1.62. The molecule has 0 aliphatic carbocycles. The summed E-state index contributed by atoms with van der Waals surface area (Å²) in [4.78, 5) is 13.2. The molecule has 1 aromatic heterocycles. The lowest BCUT2D eigenvalue weighted by Gasteiger charge is -2.23. The summed E-state index contributed by atoms with van der Waals surface area (Å²) in [5.41, 5.74) is 5.82. The van der Waals surface area contributed by atoms with Crippen LogP contribution in [0.25, 0.3) is 22.4 Å². The number of ether oxygens (including phenoxy) is 3. The predicted molar refractivity (Wildman–Crippen MR) is 117 cm³/mol. The van der Waals surface area contributed by atoms with Crippen molar-refractivity contribution in [2.75, 3.05) is 20.3 Å². The smallest absolute Gasteiger partial charge is 0.340 e. The number of fused-ring (bicyclic) bond motifs is 3. The Kier molecular flexibility index (Phi) is 5.72. The molecule has 0 saturated carbocycles. The summed E-state index contributed by atoms with van der Waals surface area (Å²) in [5, 5.41) is 0. The number of hydrogen-bond acceptors (Lipinski definition) is 4. The zero-order valence-electron chi connectivity index (χ0n) is 18.3. The molecule has 1 aliphatic rings. The average molecular weight is 423 g/mol. The van der Waals surface area contributed by atoms with Gasteiger partial charge in [-0.2, -0.15) is 0 Å². The first-order valence-electron chi connectivity index (χ1n) is 10.5. The second kappa shape index (κ2) is 8.46. The molecule has 0 fully saturated rings. The number of benzene rings is 2. The number of methoxy groups -OCH3 is 1. The summed E-state index contributed by atoms with van der Waals surface area (Å²) >= 11 is 0. The Morgan fingerprint density at radius 2 is 1.84 bits per heavy atom. The Morgan fingerprint density at radius 3 is 2.48 bits per heavy atom. The Bertz CT molecular complexity index is 1130. The SMILES string of the molecule is CCOC(=O)c1c(-c2ccc(F)cc2)c(C)n2c1-c1cc(OCC)c(OC)cc1CC2. The van der Waals surface area contributed by atoms with Crippen molar-refractivity contribution in [3.8, 4) is 33.9 Å². The molecular formula is C25H26FNO4. The van der Waals surface area contributed by atoms with Crippen LogP contribution in [0.2, 0.25) is 0 Å². The topological polar surface area (TPSA) is 49.7 Å². The molecule has 1 aliphatic heterocycles. The van der Waals surface area contributed by atoms with Crippen LogP contribution in [0.4, 0.5) is 4.39 Å². The fourth-order valence-electron chi connectivity index (χ4n) is 4.36. The number of halogens is 1. The molecule has 0 unspecified atom stereocenters. The van der Waals surface area contributed by atoms with Crippen LogP contribution in [0.5, 0.6) is 11.5 Å². The van der Waals surface area contributed by atoms with E-state index in [1.54, 1.807) is 26.2 Å². The summed E-state index contributed by atoms with van der Waals surface area (Å²) in [5.74, 6) is 0.602. The van der Waals surface area contributed by atoms with Gasteiger partial charge in [0, 0.05) is 23.4 Å². The predicted octanol–water partition coefficient (Wildman–Crippen LogP) is 5.41. The molecule has 0 saturated heterocycles. The molecule has 162 valence electrons. The van der Waals surface area contributed by atoms with Gasteiger partial charge in [-0.15, -0.1) is 0 Å². The van der Waals surface area contributed by atoms with Crippen LogP contribution in [0.3, 0.4) is 0 Å². The first kappa shape index (κ1) is 21.0. The van der Waals surface area contributed by atoms with Gasteiger partial charge in [-0.05, 0) is 62.6 Å². The third kappa shape index (κ3) is 3.56. The van der Waals surface area contributed by atoms with Crippen LogP contribution in [-0.2, 0) is 17.7 Å². The highest BCUT2D eigenvalue weighted by Gasteiger charge is 2.32. The summed E-state index contributed by atoms with van der Waals surface area (Å²) in [6, 6.07) is 10.1. The molecule has 6 heteroatoms. The zero-order valence-corrected chi connectivity index (χ0v) is 18.3. The van der Waals surface area contributed by atoms with Gasteiger partial charge in [0.1, 0.15) is 5.82 Å². The maximum atomic E-state index is 13.6. The Morgan fingerprint density at radius 1 is 1.10 bits per heavy atom. The fraction of sp³-hybridized carbons (Fsp3) is 0.320. The standard InChI is InChI=1S/C25H26FNO4/c1-5-30-21-14-19-17(13-20(21)29-4)11-12-27-15(3)22(16-7-9-18(26)10-8-16)23(24(19)27)25(28)31-6-2/h7-10,13-14H,5-6,11-12H2,1-4H3. The molecule has 0 atom stereocenters. The maximum absolute atomic E-state index is 13.6. The molecule has 4 rings (SSSR count). The molecular weight excluding hydrogens is 397 g/mol. The maximum Gasteiger partial charge on any atom is 0.340 e. The number of rotatable bonds is 6. The lowest BCUT2D eigenvalue weighted by molar-refractivity contribution is 0.0528. The zero-order chi connectivity index (χ0) is 22.1. The first-order valence-corrected chi connectivity index (χ1v) is 10.5. The molecule has 0 bridgehead atoms. The molecule has 31 heavy (non-hydrogen) atoms. The van der Waals surface area contributed by atoms with Gasteiger partial charge in [0.15, 0.2) is 11.5 Å². The number of carbonyl (C=O) groups excluding carboxylic acids is 1. The van der Waals surface area contributed by atoms with Crippen molar-refractivity contribution in [1.82, 2.24) is 4.57 Å². The second-order valence-electron chi connectivity index (χ2n) is 7.41. The summed E-state index contributed by atoms with van der Waals surface area (Å²) in [6.45, 7) is 7.19. The van der Waals surface area contributed by atoms with Crippen molar-refractivity contribution in [1.29, 1.82) is 0 Å². The van der Waals surface area contributed by atoms with E-state index in [1.807, 2.05) is 26.0 Å². The van der Waals surface area contributed by atoms with E-state index < -0.39 is 0 Å². The van der Waals surface area contributed by atoms with E-state index >= 15 is 0 Å². The van der Waals surface area contributed by atoms with Crippen LogP contribution in [0.1, 0.15) is 35.5 Å². The van der Waals surface area contributed by atoms with Gasteiger partial charge < -0.3 is 18.8 Å². The minimum atomic E-state index is -0.389. The van der Waals surface area contributed by atoms with Crippen molar-refractivity contribution in [2.24, 2.45) is 0 Å². The average Bonchev–Trinajstić information content (AvgIpc) is 3.07. The van der Waals surface area contributed by atoms with Crippen molar-refractivity contribution in [3.05, 3.63) is 59.0 Å². The lowest BCUT2D eigenvalue weighted by atomic mass is 9.93. The minimum Gasteiger partial charge on any atom is -0.493 e. The molecule has 0 spiro atoms. The van der Waals surface area contributed by atoms with Gasteiger partial charge in [-0.25, -0.2) is 9.18 Å². The van der Waals surface area contributed by atoms with Crippen LogP contribution in [-0.4, -0.2) is 30.9 Å². The van der Waals surface area contributed by atoms with E-state index in [2.05, 4.69) is 4.57 Å². The minimum absolute atomic E-state index is 0.269. The third-order valence-electron chi connectivity index (χ3n) is 5.69. The monoisotopic (exact) mass is 423 g/mol. The van der Waals surface area contributed by atoms with E-state index in [-0.39, 0.29) is 18.4 Å². The quantitative estimate of drug-likeness (QED) is 0.498. The van der Waals surface area contributed by atoms with Crippen LogP contribution in [0, 0.1) is 12.7 Å². The molecule has 2 heterocycles. The van der Waals surface area contributed by atoms with E-state index in [1.165, 1.54) is 12.1 Å². The van der Waals surface area contributed by atoms with Crippen LogP contribution >= 0.6 is 0 Å². The molecule has 0 N–H and O–H groups in total. The first-order chi connectivity index (χ1) is 15.0. The van der Waals surface area contributed by atoms with Gasteiger partial charge in [-0.3, -0.25) is 0 Å². The number of hydrogen-bond donors (Lipinski definition) is 0. The van der Waals surface area contributed by atoms with Crippen molar-refractivity contribution < 1.29 is 23.4 Å². The van der Waals surface area contributed by atoms with E-state index in [0.717, 1.165) is 46.6 Å². The Labute approximate surface area is 181 Å². The number of carbonyl (C=O) groups is 1. The van der Waals surface area contributed by atoms with E-state index in [4.69, 9.17) is 14.2 Å². The normalized spacial score (nSPS) is 12.2. The molecule has 0 amide bonds.